The van der Waals surface area contributed by atoms with Gasteiger partial charge < -0.3 is 10.8 Å². The topological polar surface area (TPSA) is 76.2 Å². The van der Waals surface area contributed by atoms with E-state index in [0.717, 1.165) is 12.8 Å². The van der Waals surface area contributed by atoms with Crippen molar-refractivity contribution in [3.05, 3.63) is 71.7 Å². The van der Waals surface area contributed by atoms with Crippen LogP contribution < -0.4 is 5.73 Å². The van der Waals surface area contributed by atoms with Gasteiger partial charge in [0, 0.05) is 11.9 Å². The highest BCUT2D eigenvalue weighted by molar-refractivity contribution is 6.15. The minimum Gasteiger partial charge on any atom is -0.478 e. The minimum atomic E-state index is -1.03. The molecule has 0 amide bonds. The van der Waals surface area contributed by atoms with Crippen molar-refractivity contribution in [2.24, 2.45) is 5.73 Å². The second-order valence-electron chi connectivity index (χ2n) is 5.01. The van der Waals surface area contributed by atoms with Crippen LogP contribution in [0.1, 0.15) is 37.9 Å². The van der Waals surface area contributed by atoms with Gasteiger partial charge in [0.1, 0.15) is 5.57 Å². The smallest absolute Gasteiger partial charge is 0.339 e. The molecule has 0 aliphatic heterocycles. The van der Waals surface area contributed by atoms with Gasteiger partial charge in [0.2, 0.25) is 0 Å². The van der Waals surface area contributed by atoms with E-state index < -0.39 is 5.97 Å². The molecule has 2 rings (SSSR count). The van der Waals surface area contributed by atoms with Crippen molar-refractivity contribution in [2.45, 2.75) is 33.1 Å². The number of allylic oxidation sites excluding steroid dienone is 1. The lowest BCUT2D eigenvalue weighted by molar-refractivity contribution is -0.130. The lowest BCUT2D eigenvalue weighted by atomic mass is 10.1. The molecule has 3 N–H and O–H groups in total. The summed E-state index contributed by atoms with van der Waals surface area (Å²) < 4.78 is 0. The standard InChI is InChI=1S/C11H14N2O2.C8H10/c1-2-5-8(12)10(11(14)15)9-6-3-4-7-13-9;1-2-8-6-4-3-5-7-8/h3-4,6-7H,2,5,12H2,1H3,(H,14,15);3-7H,2H2,1H3/b10-8+;. The number of carboxylic acid groups (broad SMARTS) is 1. The Kier molecular flexibility index (Phi) is 8.14. The quantitative estimate of drug-likeness (QED) is 0.821. The average Bonchev–Trinajstić information content (AvgIpc) is 2.57. The van der Waals surface area contributed by atoms with Crippen LogP contribution in [0.15, 0.2) is 60.4 Å². The number of aliphatic carboxylic acids is 1. The Morgan fingerprint density at radius 1 is 1.09 bits per heavy atom. The number of hydrogen-bond donors (Lipinski definition) is 2. The highest BCUT2D eigenvalue weighted by Crippen LogP contribution is 2.16. The van der Waals surface area contributed by atoms with Crippen LogP contribution in [0.3, 0.4) is 0 Å². The first-order valence-corrected chi connectivity index (χ1v) is 7.77. The maximum atomic E-state index is 11.0. The summed E-state index contributed by atoms with van der Waals surface area (Å²) in [5.41, 5.74) is 8.03. The molecule has 0 atom stereocenters. The first kappa shape index (κ1) is 18.4. The van der Waals surface area contributed by atoms with Crippen LogP contribution >= 0.6 is 0 Å². The molecule has 4 heteroatoms. The van der Waals surface area contributed by atoms with Crippen LogP contribution in [-0.4, -0.2) is 16.1 Å². The summed E-state index contributed by atoms with van der Waals surface area (Å²) in [5, 5.41) is 9.05. The Labute approximate surface area is 137 Å². The zero-order chi connectivity index (χ0) is 17.1. The van der Waals surface area contributed by atoms with E-state index in [1.54, 1.807) is 24.4 Å². The molecule has 0 saturated carbocycles. The van der Waals surface area contributed by atoms with E-state index in [1.165, 1.54) is 5.56 Å². The third-order valence-electron chi connectivity index (χ3n) is 3.23. The summed E-state index contributed by atoms with van der Waals surface area (Å²) in [7, 11) is 0. The number of aryl methyl sites for hydroxylation is 1. The van der Waals surface area contributed by atoms with Crippen LogP contribution in [-0.2, 0) is 11.2 Å². The Morgan fingerprint density at radius 3 is 2.17 bits per heavy atom. The van der Waals surface area contributed by atoms with Gasteiger partial charge in [-0.3, -0.25) is 4.98 Å². The van der Waals surface area contributed by atoms with Crippen molar-refractivity contribution in [3.8, 4) is 0 Å². The molecule has 0 unspecified atom stereocenters. The number of aromatic nitrogens is 1. The van der Waals surface area contributed by atoms with Crippen molar-refractivity contribution in [3.63, 3.8) is 0 Å². The highest BCUT2D eigenvalue weighted by Gasteiger charge is 2.15. The second-order valence-corrected chi connectivity index (χ2v) is 5.01. The van der Waals surface area contributed by atoms with Crippen molar-refractivity contribution in [1.82, 2.24) is 4.98 Å². The molecule has 0 radical (unpaired) electrons. The van der Waals surface area contributed by atoms with Crippen LogP contribution in [0, 0.1) is 0 Å². The van der Waals surface area contributed by atoms with Gasteiger partial charge in [-0.05, 0) is 30.5 Å². The molecule has 0 bridgehead atoms. The van der Waals surface area contributed by atoms with E-state index in [2.05, 4.69) is 36.2 Å². The minimum absolute atomic E-state index is 0.109. The number of pyridine rings is 1. The number of hydrogen-bond acceptors (Lipinski definition) is 3. The molecule has 0 saturated heterocycles. The summed E-state index contributed by atoms with van der Waals surface area (Å²) in [6.07, 6.45) is 4.08. The van der Waals surface area contributed by atoms with Crippen molar-refractivity contribution in [1.29, 1.82) is 0 Å². The molecule has 0 aliphatic rings. The van der Waals surface area contributed by atoms with Gasteiger partial charge in [-0.25, -0.2) is 4.79 Å². The number of carbonyl (C=O) groups is 1. The fraction of sp³-hybridized carbons (Fsp3) is 0.263. The molecule has 23 heavy (non-hydrogen) atoms. The maximum Gasteiger partial charge on any atom is 0.339 e. The van der Waals surface area contributed by atoms with E-state index in [0.29, 0.717) is 17.8 Å². The first-order chi connectivity index (χ1) is 11.1. The third kappa shape index (κ3) is 6.34. The Morgan fingerprint density at radius 2 is 1.74 bits per heavy atom. The van der Waals surface area contributed by atoms with Crippen LogP contribution in [0.25, 0.3) is 5.57 Å². The molecule has 122 valence electrons. The average molecular weight is 312 g/mol. The molecule has 0 fully saturated rings. The van der Waals surface area contributed by atoms with Crippen molar-refractivity contribution < 1.29 is 9.90 Å². The molecule has 4 nitrogen and oxygen atoms in total. The van der Waals surface area contributed by atoms with E-state index in [-0.39, 0.29) is 5.57 Å². The molecule has 1 aromatic carbocycles. The van der Waals surface area contributed by atoms with E-state index >= 15 is 0 Å². The Bertz CT molecular complexity index is 622. The summed E-state index contributed by atoms with van der Waals surface area (Å²) in [6.45, 7) is 4.11. The van der Waals surface area contributed by atoms with E-state index in [9.17, 15) is 4.79 Å². The fourth-order valence-electron chi connectivity index (χ4n) is 2.03. The first-order valence-electron chi connectivity index (χ1n) is 7.77. The Hall–Kier alpha value is -2.62. The van der Waals surface area contributed by atoms with E-state index in [1.807, 2.05) is 13.0 Å². The summed E-state index contributed by atoms with van der Waals surface area (Å²) in [5.74, 6) is -1.03. The molecule has 1 aromatic heterocycles. The van der Waals surface area contributed by atoms with Gasteiger partial charge in [0.05, 0.1) is 5.69 Å². The number of benzene rings is 1. The molecule has 1 heterocycles. The third-order valence-corrected chi connectivity index (χ3v) is 3.23. The number of carboxylic acids is 1. The normalized spacial score (nSPS) is 11.0. The molecule has 0 aliphatic carbocycles. The van der Waals surface area contributed by atoms with Crippen molar-refractivity contribution in [2.75, 3.05) is 0 Å². The number of nitrogens with two attached hydrogens (primary N) is 1. The number of nitrogens with zero attached hydrogens (tertiary/aromatic N) is 1. The van der Waals surface area contributed by atoms with Crippen LogP contribution in [0.5, 0.6) is 0 Å². The molecular formula is C19H24N2O2. The summed E-state index contributed by atoms with van der Waals surface area (Å²) >= 11 is 0. The zero-order valence-electron chi connectivity index (χ0n) is 13.7. The number of rotatable bonds is 5. The van der Waals surface area contributed by atoms with Gasteiger partial charge in [-0.1, -0.05) is 56.7 Å². The monoisotopic (exact) mass is 312 g/mol. The highest BCUT2D eigenvalue weighted by atomic mass is 16.4. The van der Waals surface area contributed by atoms with Crippen LogP contribution in [0.2, 0.25) is 0 Å². The predicted octanol–water partition coefficient (Wildman–Crippen LogP) is 3.89. The van der Waals surface area contributed by atoms with Gasteiger partial charge >= 0.3 is 5.97 Å². The summed E-state index contributed by atoms with van der Waals surface area (Å²) in [4.78, 5) is 15.0. The summed E-state index contributed by atoms with van der Waals surface area (Å²) in [6, 6.07) is 15.6. The van der Waals surface area contributed by atoms with E-state index in [4.69, 9.17) is 10.8 Å². The van der Waals surface area contributed by atoms with Gasteiger partial charge in [0.25, 0.3) is 0 Å². The fourth-order valence-corrected chi connectivity index (χ4v) is 2.03. The second kappa shape index (κ2) is 10.2. The van der Waals surface area contributed by atoms with Gasteiger partial charge in [-0.2, -0.15) is 0 Å². The molecular weight excluding hydrogens is 288 g/mol. The largest absolute Gasteiger partial charge is 0.478 e. The van der Waals surface area contributed by atoms with Gasteiger partial charge in [-0.15, -0.1) is 0 Å². The zero-order valence-corrected chi connectivity index (χ0v) is 13.7. The lowest BCUT2D eigenvalue weighted by Gasteiger charge is -2.06. The maximum absolute atomic E-state index is 11.0. The Balaban J connectivity index is 0.000000277. The molecule has 2 aromatic rings. The SMILES string of the molecule is CCC/C(N)=C(\C(=O)O)c1ccccn1.CCc1ccccc1. The van der Waals surface area contributed by atoms with Crippen molar-refractivity contribution >= 4 is 11.5 Å². The van der Waals surface area contributed by atoms with Gasteiger partial charge in [0.15, 0.2) is 0 Å². The lowest BCUT2D eigenvalue weighted by Crippen LogP contribution is -2.10. The van der Waals surface area contributed by atoms with Crippen LogP contribution in [0.4, 0.5) is 0 Å². The predicted molar refractivity (Wildman–Crippen MR) is 93.7 cm³/mol. The molecule has 0 spiro atoms.